The summed E-state index contributed by atoms with van der Waals surface area (Å²) in [6, 6.07) is 6.32. The van der Waals surface area contributed by atoms with Crippen molar-refractivity contribution in [3.8, 4) is 0 Å². The minimum atomic E-state index is -4.80. The van der Waals surface area contributed by atoms with Crippen LogP contribution in [0.4, 0.5) is 0 Å². The fourth-order valence-corrected chi connectivity index (χ4v) is 2.97. The largest absolute Gasteiger partial charge is 1.00 e. The number of rotatable bonds is 8. The Balaban J connectivity index is 0.00000312. The van der Waals surface area contributed by atoms with E-state index < -0.39 is 28.3 Å². The third-order valence-electron chi connectivity index (χ3n) is 3.23. The van der Waals surface area contributed by atoms with Crippen LogP contribution in [0.25, 0.3) is 0 Å². The summed E-state index contributed by atoms with van der Waals surface area (Å²) in [7, 11) is -3.58. The van der Waals surface area contributed by atoms with Crippen LogP contribution in [-0.2, 0) is 36.2 Å². The molecule has 2 rings (SSSR count). The number of nitrogens with zero attached hydrogens (tertiary/aromatic N) is 3. The zero-order valence-electron chi connectivity index (χ0n) is 14.5. The number of hydrogen-bond acceptors (Lipinski definition) is 7. The fraction of sp³-hybridized carbons (Fsp3) is 0.308. The van der Waals surface area contributed by atoms with Gasteiger partial charge in [0.25, 0.3) is 5.91 Å². The van der Waals surface area contributed by atoms with Gasteiger partial charge in [0, 0.05) is 0 Å². The number of amides is 2. The van der Waals surface area contributed by atoms with E-state index in [1.165, 1.54) is 7.11 Å². The number of carbonyl (C=O) groups is 2. The molecule has 10 nitrogen and oxygen atoms in total. The summed E-state index contributed by atoms with van der Waals surface area (Å²) in [6.07, 6.45) is 1.22. The molecule has 0 spiro atoms. The van der Waals surface area contributed by atoms with E-state index in [-0.39, 0.29) is 48.3 Å². The van der Waals surface area contributed by atoms with Gasteiger partial charge in [-0.05, 0) is 5.56 Å². The Bertz CT molecular complexity index is 735. The molecule has 1 aliphatic rings. The second-order valence-corrected chi connectivity index (χ2v) is 6.00. The van der Waals surface area contributed by atoms with E-state index in [4.69, 9.17) is 9.39 Å². The molecule has 25 heavy (non-hydrogen) atoms. The Morgan fingerprint density at radius 2 is 2.04 bits per heavy atom. The first kappa shape index (κ1) is 21.5. The summed E-state index contributed by atoms with van der Waals surface area (Å²) in [5, 5.41) is 4.07. The molecule has 1 aromatic rings. The summed E-state index contributed by atoms with van der Waals surface area (Å²) in [6.45, 7) is -0.0105. The number of oxime groups is 1. The number of benzene rings is 1. The summed E-state index contributed by atoms with van der Waals surface area (Å²) in [4.78, 5) is 32.9. The Kier molecular flexibility index (Phi) is 7.99. The van der Waals surface area contributed by atoms with E-state index in [9.17, 15) is 18.0 Å². The monoisotopic (exact) mass is 381 g/mol. The van der Waals surface area contributed by atoms with Gasteiger partial charge in [0.15, 0.2) is 6.04 Å². The Morgan fingerprint density at radius 1 is 1.40 bits per heavy atom. The molecule has 0 bridgehead atoms. The summed E-state index contributed by atoms with van der Waals surface area (Å²) >= 11 is 0. The van der Waals surface area contributed by atoms with E-state index in [1.54, 1.807) is 30.3 Å². The van der Waals surface area contributed by atoms with Crippen LogP contribution in [0.5, 0.6) is 0 Å². The van der Waals surface area contributed by atoms with Crippen molar-refractivity contribution in [3.63, 3.8) is 0 Å². The van der Waals surface area contributed by atoms with Gasteiger partial charge in [-0.25, -0.2) is 9.37 Å². The molecule has 12 heteroatoms. The molecule has 0 unspecified atom stereocenters. The van der Waals surface area contributed by atoms with Gasteiger partial charge in [0.1, 0.15) is 19.8 Å². The number of carbonyl (C=O) groups excluding carboxylic acids is 2. The quantitative estimate of drug-likeness (QED) is 0.125. The van der Waals surface area contributed by atoms with E-state index in [0.29, 0.717) is 5.06 Å². The topological polar surface area (TPSA) is 126 Å². The molecule has 1 saturated heterocycles. The Hall–Kier alpha value is -1.50. The van der Waals surface area contributed by atoms with Gasteiger partial charge in [-0.1, -0.05) is 35.5 Å². The normalized spacial score (nSPS) is 19.9. The van der Waals surface area contributed by atoms with Crippen LogP contribution < -0.4 is 29.6 Å². The van der Waals surface area contributed by atoms with Crippen molar-refractivity contribution in [2.45, 2.75) is 18.7 Å². The molecular weight excluding hydrogens is 365 g/mol. The second kappa shape index (κ2) is 9.27. The molecule has 0 aromatic heterocycles. The van der Waals surface area contributed by atoms with Gasteiger partial charge < -0.3 is 6.26 Å². The summed E-state index contributed by atoms with van der Waals surface area (Å²) in [5.41, 5.74) is 0.741. The van der Waals surface area contributed by atoms with Gasteiger partial charge in [-0.3, -0.25) is 19.0 Å². The smallest absolute Gasteiger partial charge is 1.00 e. The number of β-lactam (4-membered cyclic amide) rings is 1. The predicted octanol–water partition coefficient (Wildman–Crippen LogP) is -3.29. The molecule has 132 valence electrons. The van der Waals surface area contributed by atoms with Crippen molar-refractivity contribution in [3.05, 3.63) is 35.9 Å². The third-order valence-corrected chi connectivity index (χ3v) is 4.15. The SMILES string of the molecule is CO/N=C/[C@@H]1[C@H](N(C=O)OCc2ccccc2)C(=O)N1S(=O)(=O)O.[H-].[Na+]. The van der Waals surface area contributed by atoms with Gasteiger partial charge in [-0.15, -0.1) is 0 Å². The first-order valence-electron chi connectivity index (χ1n) is 6.68. The average Bonchev–Trinajstić information content (AvgIpc) is 2.54. The standard InChI is InChI=1S/C13H15N3O7S.Na.H/c1-22-14-7-11-12(13(18)16(11)24(19,20)21)15(9-17)23-8-10-5-3-2-4-6-10;;/h2-7,9,11-12H,8H2,1H3,(H,19,20,21);;/q;+1;-1/b14-7+;;/t11-,12+;;/m1../s1. The van der Waals surface area contributed by atoms with Crippen LogP contribution in [-0.4, -0.2) is 60.1 Å². The number of hydroxylamine groups is 2. The molecule has 2 atom stereocenters. The third kappa shape index (κ3) is 5.00. The van der Waals surface area contributed by atoms with Crippen LogP contribution in [0.2, 0.25) is 0 Å². The van der Waals surface area contributed by atoms with Gasteiger partial charge >= 0.3 is 39.9 Å². The van der Waals surface area contributed by atoms with Gasteiger partial charge in [-0.2, -0.15) is 8.42 Å². The van der Waals surface area contributed by atoms with Crippen LogP contribution >= 0.6 is 0 Å². The summed E-state index contributed by atoms with van der Waals surface area (Å²) in [5.74, 6) is -1.02. The zero-order valence-corrected chi connectivity index (χ0v) is 16.4. The van der Waals surface area contributed by atoms with Crippen LogP contribution in [0.15, 0.2) is 35.5 Å². The summed E-state index contributed by atoms with van der Waals surface area (Å²) < 4.78 is 31.8. The van der Waals surface area contributed by atoms with Crippen molar-refractivity contribution in [1.29, 1.82) is 0 Å². The molecule has 2 amide bonds. The van der Waals surface area contributed by atoms with E-state index in [2.05, 4.69) is 9.99 Å². The van der Waals surface area contributed by atoms with Crippen molar-refractivity contribution in [1.82, 2.24) is 9.37 Å². The maximum atomic E-state index is 12.0. The Morgan fingerprint density at radius 3 is 2.56 bits per heavy atom. The minimum absolute atomic E-state index is 0. The Labute approximate surface area is 168 Å². The molecule has 1 heterocycles. The molecule has 1 aliphatic heterocycles. The zero-order chi connectivity index (χ0) is 17.7. The van der Waals surface area contributed by atoms with Gasteiger partial charge in [0.2, 0.25) is 6.41 Å². The molecule has 1 aromatic carbocycles. The molecule has 0 saturated carbocycles. The second-order valence-electron chi connectivity index (χ2n) is 4.71. The number of hydrogen-bond donors (Lipinski definition) is 1. The molecule has 0 radical (unpaired) electrons. The molecule has 0 aliphatic carbocycles. The fourth-order valence-electron chi connectivity index (χ4n) is 2.16. The van der Waals surface area contributed by atoms with Crippen molar-refractivity contribution in [2.24, 2.45) is 5.16 Å². The van der Waals surface area contributed by atoms with E-state index >= 15 is 0 Å². The molecule has 1 fully saturated rings. The van der Waals surface area contributed by atoms with Crippen molar-refractivity contribution < 1.29 is 63.2 Å². The average molecular weight is 381 g/mol. The maximum Gasteiger partial charge on any atom is 1.00 e. The van der Waals surface area contributed by atoms with Gasteiger partial charge in [0.05, 0.1) is 6.21 Å². The van der Waals surface area contributed by atoms with E-state index in [1.807, 2.05) is 0 Å². The van der Waals surface area contributed by atoms with E-state index in [0.717, 1.165) is 11.8 Å². The van der Waals surface area contributed by atoms with Crippen LogP contribution in [0.3, 0.4) is 0 Å². The molecular formula is C13H16N3NaO7S. The first-order chi connectivity index (χ1) is 11.4. The predicted molar refractivity (Wildman–Crippen MR) is 81.7 cm³/mol. The minimum Gasteiger partial charge on any atom is -1.00 e. The molecule has 1 N–H and O–H groups in total. The van der Waals surface area contributed by atoms with Crippen molar-refractivity contribution in [2.75, 3.05) is 7.11 Å². The van der Waals surface area contributed by atoms with Crippen LogP contribution in [0.1, 0.15) is 6.99 Å². The van der Waals surface area contributed by atoms with Crippen molar-refractivity contribution >= 4 is 28.8 Å². The first-order valence-corrected chi connectivity index (χ1v) is 8.07. The van der Waals surface area contributed by atoms with Crippen LogP contribution in [0, 0.1) is 0 Å². The maximum absolute atomic E-state index is 12.0.